The Labute approximate surface area is 208 Å². The summed E-state index contributed by atoms with van der Waals surface area (Å²) in [7, 11) is 1.60. The van der Waals surface area contributed by atoms with Gasteiger partial charge in [-0.25, -0.2) is 9.48 Å². The number of aromatic nitrogens is 2. The van der Waals surface area contributed by atoms with Crippen molar-refractivity contribution in [1.82, 2.24) is 9.78 Å². The van der Waals surface area contributed by atoms with Crippen LogP contribution >= 0.6 is 0 Å². The number of benzene rings is 3. The Bertz CT molecular complexity index is 1420. The number of hydrogen-bond donors (Lipinski definition) is 1. The molecule has 1 N–H and O–H groups in total. The molecule has 4 aromatic rings. The Morgan fingerprint density at radius 3 is 2.42 bits per heavy atom. The molecule has 0 spiro atoms. The molecule has 1 amide bonds. The summed E-state index contributed by atoms with van der Waals surface area (Å²) in [4.78, 5) is 24.4. The van der Waals surface area contributed by atoms with Gasteiger partial charge in [-0.15, -0.1) is 0 Å². The van der Waals surface area contributed by atoms with E-state index in [2.05, 4.69) is 5.32 Å². The lowest BCUT2D eigenvalue weighted by Crippen LogP contribution is -2.20. The van der Waals surface area contributed by atoms with Gasteiger partial charge in [0, 0.05) is 29.1 Å². The van der Waals surface area contributed by atoms with E-state index in [-0.39, 0.29) is 0 Å². The number of nitrogens with one attached hydrogen (secondary N) is 1. The first-order valence-corrected chi connectivity index (χ1v) is 11.0. The van der Waals surface area contributed by atoms with E-state index in [0.717, 1.165) is 17.0 Å². The number of rotatable bonds is 8. The summed E-state index contributed by atoms with van der Waals surface area (Å²) in [5, 5.41) is 16.2. The lowest BCUT2D eigenvalue weighted by atomic mass is 10.1. The Hall–Kier alpha value is -5.16. The molecule has 178 valence electrons. The Morgan fingerprint density at radius 1 is 1.03 bits per heavy atom. The van der Waals surface area contributed by atoms with E-state index < -0.39 is 18.5 Å². The van der Waals surface area contributed by atoms with Crippen molar-refractivity contribution in [1.29, 1.82) is 5.26 Å². The van der Waals surface area contributed by atoms with Crippen LogP contribution in [0.5, 0.6) is 5.75 Å². The standard InChI is InChI=1S/C28H22N4O4/c1-35-25-14-9-21(10-15-25)28-22(18-32(31-28)24-5-3-2-4-6-24)11-16-27(34)36-19-26(33)30-23-12-7-20(17-29)8-13-23/h2-16,18H,19H2,1H3,(H,30,33)/b16-11+. The second-order valence-corrected chi connectivity index (χ2v) is 7.62. The van der Waals surface area contributed by atoms with Gasteiger partial charge in [0.2, 0.25) is 0 Å². The maximum Gasteiger partial charge on any atom is 0.331 e. The third-order valence-corrected chi connectivity index (χ3v) is 5.17. The van der Waals surface area contributed by atoms with Crippen molar-refractivity contribution >= 4 is 23.6 Å². The Morgan fingerprint density at radius 2 is 1.75 bits per heavy atom. The van der Waals surface area contributed by atoms with Gasteiger partial charge in [-0.2, -0.15) is 10.4 Å². The van der Waals surface area contributed by atoms with Crippen molar-refractivity contribution in [2.75, 3.05) is 19.0 Å². The smallest absolute Gasteiger partial charge is 0.331 e. The van der Waals surface area contributed by atoms with Gasteiger partial charge in [0.1, 0.15) is 5.75 Å². The average molecular weight is 479 g/mol. The van der Waals surface area contributed by atoms with E-state index >= 15 is 0 Å². The van der Waals surface area contributed by atoms with Crippen molar-refractivity contribution in [3.63, 3.8) is 0 Å². The minimum Gasteiger partial charge on any atom is -0.497 e. The maximum atomic E-state index is 12.3. The van der Waals surface area contributed by atoms with Gasteiger partial charge in [-0.3, -0.25) is 4.79 Å². The highest BCUT2D eigenvalue weighted by molar-refractivity contribution is 5.95. The van der Waals surface area contributed by atoms with Crippen molar-refractivity contribution in [3.05, 3.63) is 102 Å². The number of para-hydroxylation sites is 1. The van der Waals surface area contributed by atoms with Crippen LogP contribution in [0.25, 0.3) is 23.0 Å². The first kappa shape index (κ1) is 24.0. The van der Waals surface area contributed by atoms with E-state index in [1.165, 1.54) is 6.08 Å². The van der Waals surface area contributed by atoms with Crippen LogP contribution in [-0.4, -0.2) is 35.4 Å². The molecule has 1 heterocycles. The zero-order valence-corrected chi connectivity index (χ0v) is 19.4. The molecule has 8 nitrogen and oxygen atoms in total. The number of carbonyl (C=O) groups is 2. The van der Waals surface area contributed by atoms with E-state index in [1.807, 2.05) is 66.9 Å². The SMILES string of the molecule is COc1ccc(-c2nn(-c3ccccc3)cc2/C=C/C(=O)OCC(=O)Nc2ccc(C#N)cc2)cc1. The fourth-order valence-electron chi connectivity index (χ4n) is 3.36. The molecule has 0 unspecified atom stereocenters. The van der Waals surface area contributed by atoms with E-state index in [4.69, 9.17) is 19.8 Å². The number of carbonyl (C=O) groups excluding carboxylic acids is 2. The van der Waals surface area contributed by atoms with Crippen LogP contribution in [0.15, 0.2) is 91.1 Å². The highest BCUT2D eigenvalue weighted by Crippen LogP contribution is 2.26. The molecule has 36 heavy (non-hydrogen) atoms. The molecule has 0 saturated carbocycles. The van der Waals surface area contributed by atoms with E-state index in [9.17, 15) is 9.59 Å². The van der Waals surface area contributed by atoms with Crippen LogP contribution in [0, 0.1) is 11.3 Å². The molecule has 0 aliphatic rings. The van der Waals surface area contributed by atoms with E-state index in [1.54, 1.807) is 42.1 Å². The molecule has 4 rings (SSSR count). The zero-order chi connectivity index (χ0) is 25.3. The molecule has 1 aromatic heterocycles. The molecular formula is C28H22N4O4. The number of anilines is 1. The minimum atomic E-state index is -0.668. The average Bonchev–Trinajstić information content (AvgIpc) is 3.36. The second kappa shape index (κ2) is 11.3. The summed E-state index contributed by atoms with van der Waals surface area (Å²) >= 11 is 0. The fraction of sp³-hybridized carbons (Fsp3) is 0.0714. The fourth-order valence-corrected chi connectivity index (χ4v) is 3.36. The molecule has 0 atom stereocenters. The normalized spacial score (nSPS) is 10.6. The van der Waals surface area contributed by atoms with Gasteiger partial charge >= 0.3 is 5.97 Å². The third kappa shape index (κ3) is 6.04. The number of ether oxygens (including phenoxy) is 2. The molecule has 3 aromatic carbocycles. The Kier molecular flexibility index (Phi) is 7.54. The summed E-state index contributed by atoms with van der Waals surface area (Å²) in [5.41, 5.74) is 4.07. The van der Waals surface area contributed by atoms with Crippen LogP contribution in [-0.2, 0) is 14.3 Å². The van der Waals surface area contributed by atoms with Crippen molar-refractivity contribution in [2.45, 2.75) is 0 Å². The number of nitrogens with zero attached hydrogens (tertiary/aromatic N) is 3. The first-order valence-electron chi connectivity index (χ1n) is 11.0. The lowest BCUT2D eigenvalue weighted by Gasteiger charge is -2.05. The minimum absolute atomic E-state index is 0.447. The molecule has 0 bridgehead atoms. The van der Waals surface area contributed by atoms with Crippen molar-refractivity contribution < 1.29 is 19.1 Å². The summed E-state index contributed by atoms with van der Waals surface area (Å²) in [6.45, 7) is -0.447. The van der Waals surface area contributed by atoms with Crippen molar-refractivity contribution in [2.24, 2.45) is 0 Å². The van der Waals surface area contributed by atoms with Gasteiger partial charge in [0.25, 0.3) is 5.91 Å². The van der Waals surface area contributed by atoms with Gasteiger partial charge < -0.3 is 14.8 Å². The predicted molar refractivity (Wildman–Crippen MR) is 135 cm³/mol. The second-order valence-electron chi connectivity index (χ2n) is 7.62. The molecule has 0 aliphatic carbocycles. The molecule has 0 saturated heterocycles. The summed E-state index contributed by atoms with van der Waals surface area (Å²) in [6, 6.07) is 25.4. The molecule has 0 radical (unpaired) electrons. The number of esters is 1. The zero-order valence-electron chi connectivity index (χ0n) is 19.4. The van der Waals surface area contributed by atoms with Crippen LogP contribution in [0.2, 0.25) is 0 Å². The number of amides is 1. The van der Waals surface area contributed by atoms with Crippen LogP contribution in [0.3, 0.4) is 0 Å². The summed E-state index contributed by atoms with van der Waals surface area (Å²) in [5.74, 6) is -0.434. The summed E-state index contributed by atoms with van der Waals surface area (Å²) < 4.78 is 12.0. The largest absolute Gasteiger partial charge is 0.497 e. The highest BCUT2D eigenvalue weighted by atomic mass is 16.5. The van der Waals surface area contributed by atoms with Crippen molar-refractivity contribution in [3.8, 4) is 28.8 Å². The molecular weight excluding hydrogens is 456 g/mol. The summed E-state index contributed by atoms with van der Waals surface area (Å²) in [6.07, 6.45) is 4.68. The number of hydrogen-bond acceptors (Lipinski definition) is 6. The van der Waals surface area contributed by atoms with Crippen LogP contribution < -0.4 is 10.1 Å². The van der Waals surface area contributed by atoms with Gasteiger partial charge in [0.05, 0.1) is 30.1 Å². The lowest BCUT2D eigenvalue weighted by molar-refractivity contribution is -0.142. The van der Waals surface area contributed by atoms with Gasteiger partial charge in [0.15, 0.2) is 6.61 Å². The first-order chi connectivity index (χ1) is 17.6. The van der Waals surface area contributed by atoms with E-state index in [0.29, 0.717) is 22.5 Å². The van der Waals surface area contributed by atoms with Crippen LogP contribution in [0.4, 0.5) is 5.69 Å². The van der Waals surface area contributed by atoms with Gasteiger partial charge in [-0.05, 0) is 66.7 Å². The quantitative estimate of drug-likeness (QED) is 0.293. The number of methoxy groups -OCH3 is 1. The maximum absolute atomic E-state index is 12.3. The monoisotopic (exact) mass is 478 g/mol. The topological polar surface area (TPSA) is 106 Å². The highest BCUT2D eigenvalue weighted by Gasteiger charge is 2.12. The Balaban J connectivity index is 1.46. The predicted octanol–water partition coefficient (Wildman–Crippen LogP) is 4.61. The van der Waals surface area contributed by atoms with Gasteiger partial charge in [-0.1, -0.05) is 18.2 Å². The molecule has 0 aliphatic heterocycles. The van der Waals surface area contributed by atoms with Crippen LogP contribution in [0.1, 0.15) is 11.1 Å². The molecule has 0 fully saturated rings. The third-order valence-electron chi connectivity index (χ3n) is 5.17. The molecule has 8 heteroatoms. The number of nitriles is 1.